The maximum atomic E-state index is 13.2. The van der Waals surface area contributed by atoms with Gasteiger partial charge in [-0.15, -0.1) is 0 Å². The van der Waals surface area contributed by atoms with Crippen LogP contribution in [0.2, 0.25) is 0 Å². The second-order valence-corrected chi connectivity index (χ2v) is 13.4. The summed E-state index contributed by atoms with van der Waals surface area (Å²) in [5, 5.41) is 21.6. The lowest BCUT2D eigenvalue weighted by atomic mass is 10.0. The summed E-state index contributed by atoms with van der Waals surface area (Å²) in [6, 6.07) is 14.6. The molecule has 2 aromatic heterocycles. The molecule has 6 rings (SSSR count). The van der Waals surface area contributed by atoms with E-state index in [4.69, 9.17) is 10.5 Å². The van der Waals surface area contributed by atoms with Crippen molar-refractivity contribution in [3.63, 3.8) is 0 Å². The number of nitrogens with one attached hydrogen (secondary N) is 2. The fourth-order valence-electron chi connectivity index (χ4n) is 5.93. The quantitative estimate of drug-likeness (QED) is 0.181. The first kappa shape index (κ1) is 30.7. The first-order chi connectivity index (χ1) is 21.7. The third kappa shape index (κ3) is 7.35. The summed E-state index contributed by atoms with van der Waals surface area (Å²) in [5.74, 6) is 1.73. The normalized spacial score (nSPS) is 17.5. The maximum absolute atomic E-state index is 13.2. The van der Waals surface area contributed by atoms with Crippen LogP contribution < -0.4 is 26.2 Å². The molecule has 0 amide bonds. The van der Waals surface area contributed by atoms with Crippen molar-refractivity contribution in [1.82, 2.24) is 30.1 Å². The number of aryl methyl sites for hydroxylation is 2. The summed E-state index contributed by atoms with van der Waals surface area (Å²) in [7, 11) is -3.88. The first-order valence-electron chi connectivity index (χ1n) is 15.3. The number of aromatic nitrogens is 5. The highest BCUT2D eigenvalue weighted by Crippen LogP contribution is 2.31. The van der Waals surface area contributed by atoms with Crippen molar-refractivity contribution >= 4 is 21.5 Å². The van der Waals surface area contributed by atoms with Crippen LogP contribution in [0.5, 0.6) is 5.75 Å². The zero-order chi connectivity index (χ0) is 31.4. The number of hydrogen-bond donors (Lipinski definition) is 4. The van der Waals surface area contributed by atoms with E-state index in [1.165, 1.54) is 47.2 Å². The van der Waals surface area contributed by atoms with Gasteiger partial charge in [-0.3, -0.25) is 4.72 Å². The topological polar surface area (TPSA) is 179 Å². The van der Waals surface area contributed by atoms with Gasteiger partial charge in [-0.1, -0.05) is 31.7 Å². The lowest BCUT2D eigenvalue weighted by Gasteiger charge is -2.27. The number of fused-ring (bicyclic) bond motifs is 1. The Labute approximate surface area is 261 Å². The smallest absolute Gasteiger partial charge is 0.368 e. The van der Waals surface area contributed by atoms with Crippen LogP contribution >= 0.6 is 0 Å². The van der Waals surface area contributed by atoms with Crippen molar-refractivity contribution in [2.75, 3.05) is 23.5 Å². The number of nitrogens with zero attached hydrogens (tertiary/aromatic N) is 5. The molecule has 0 spiro atoms. The van der Waals surface area contributed by atoms with Crippen LogP contribution in [0, 0.1) is 5.92 Å². The van der Waals surface area contributed by atoms with Crippen molar-refractivity contribution in [1.29, 1.82) is 0 Å². The number of rotatable bonds is 12. The summed E-state index contributed by atoms with van der Waals surface area (Å²) >= 11 is 0. The number of sulfonamides is 1. The van der Waals surface area contributed by atoms with Crippen molar-refractivity contribution in [2.45, 2.75) is 68.6 Å². The second kappa shape index (κ2) is 13.4. The predicted octanol–water partition coefficient (Wildman–Crippen LogP) is 2.80. The van der Waals surface area contributed by atoms with Gasteiger partial charge in [-0.25, -0.2) is 18.2 Å². The maximum Gasteiger partial charge on any atom is 0.368 e. The Balaban J connectivity index is 1.02. The van der Waals surface area contributed by atoms with Gasteiger partial charge in [0, 0.05) is 37.1 Å². The van der Waals surface area contributed by atoms with E-state index in [1.807, 2.05) is 0 Å². The van der Waals surface area contributed by atoms with Gasteiger partial charge in [0.2, 0.25) is 0 Å². The number of ether oxygens (including phenoxy) is 1. The lowest BCUT2D eigenvalue weighted by Crippen LogP contribution is -2.36. The highest BCUT2D eigenvalue weighted by atomic mass is 32.2. The Kier molecular flexibility index (Phi) is 9.14. The first-order valence-corrected chi connectivity index (χ1v) is 16.8. The van der Waals surface area contributed by atoms with Gasteiger partial charge in [0.1, 0.15) is 17.7 Å². The molecule has 1 fully saturated rings. The molecule has 3 heterocycles. The largest absolute Gasteiger partial charge is 0.489 e. The highest BCUT2D eigenvalue weighted by molar-refractivity contribution is 7.92. The monoisotopic (exact) mass is 634 g/mol. The standard InChI is InChI=1S/C31H38N8O5S/c32-30-14-6-23(18-34-30)28(40)20-33-19-26-10-5-22-17-24(7-13-29(22)44-26)35-45(42,43)27-11-8-25(9-12-27)39-31(41)38(36-37-39)16-15-21-3-1-2-4-21/h6-9,11-14,17-18,21,26,28,33,35,40H,1-5,10,15-16,19-20H2,(H2,32,34). The van der Waals surface area contributed by atoms with E-state index < -0.39 is 16.1 Å². The number of pyridine rings is 1. The molecule has 2 atom stereocenters. The van der Waals surface area contributed by atoms with E-state index >= 15 is 0 Å². The molecule has 2 unspecified atom stereocenters. The minimum absolute atomic E-state index is 0.0602. The van der Waals surface area contributed by atoms with Gasteiger partial charge in [0.25, 0.3) is 10.0 Å². The number of benzene rings is 2. The molecule has 45 heavy (non-hydrogen) atoms. The Hall–Kier alpha value is -4.27. The van der Waals surface area contributed by atoms with E-state index in [2.05, 4.69) is 25.4 Å². The van der Waals surface area contributed by atoms with Gasteiger partial charge in [0.05, 0.1) is 16.7 Å². The molecule has 1 aliphatic carbocycles. The van der Waals surface area contributed by atoms with Crippen molar-refractivity contribution in [3.05, 3.63) is 82.4 Å². The molecule has 0 radical (unpaired) electrons. The fourth-order valence-corrected chi connectivity index (χ4v) is 6.98. The van der Waals surface area contributed by atoms with E-state index in [9.17, 15) is 18.3 Å². The number of aliphatic hydroxyl groups excluding tert-OH is 1. The summed E-state index contributed by atoms with van der Waals surface area (Å²) < 4.78 is 37.6. The molecule has 14 heteroatoms. The molecule has 4 aromatic rings. The summed E-state index contributed by atoms with van der Waals surface area (Å²) in [6.07, 6.45) is 8.00. The van der Waals surface area contributed by atoms with Crippen LogP contribution in [-0.4, -0.2) is 57.5 Å². The van der Waals surface area contributed by atoms with Crippen LogP contribution in [0.1, 0.15) is 55.8 Å². The zero-order valence-corrected chi connectivity index (χ0v) is 25.7. The molecule has 13 nitrogen and oxygen atoms in total. The average Bonchev–Trinajstić information content (AvgIpc) is 3.70. The molecule has 2 aromatic carbocycles. The zero-order valence-electron chi connectivity index (χ0n) is 24.9. The molecular weight excluding hydrogens is 596 g/mol. The Bertz CT molecular complexity index is 1770. The van der Waals surface area contributed by atoms with E-state index in [0.29, 0.717) is 60.5 Å². The predicted molar refractivity (Wildman–Crippen MR) is 169 cm³/mol. The molecule has 238 valence electrons. The molecule has 0 bridgehead atoms. The Morgan fingerprint density at radius 2 is 1.84 bits per heavy atom. The van der Waals surface area contributed by atoms with Crippen molar-refractivity contribution < 1.29 is 18.3 Å². The number of aliphatic hydroxyl groups is 1. The number of nitrogen functional groups attached to an aromatic ring is 1. The van der Waals surface area contributed by atoms with E-state index in [0.717, 1.165) is 18.4 Å². The summed E-state index contributed by atoms with van der Waals surface area (Å²) in [6.45, 7) is 1.42. The number of tetrazole rings is 1. The Morgan fingerprint density at radius 3 is 2.60 bits per heavy atom. The fraction of sp³-hybridized carbons (Fsp3) is 0.419. The van der Waals surface area contributed by atoms with Crippen molar-refractivity contribution in [2.24, 2.45) is 5.92 Å². The van der Waals surface area contributed by atoms with E-state index in [-0.39, 0.29) is 16.7 Å². The summed E-state index contributed by atoms with van der Waals surface area (Å²) in [5.41, 5.74) is 7.73. The third-order valence-electron chi connectivity index (χ3n) is 8.50. The minimum atomic E-state index is -3.88. The molecule has 2 aliphatic rings. The average molecular weight is 635 g/mol. The van der Waals surface area contributed by atoms with Gasteiger partial charge in [0.15, 0.2) is 0 Å². The number of nitrogens with two attached hydrogens (primary N) is 1. The Morgan fingerprint density at radius 1 is 1.04 bits per heavy atom. The van der Waals surface area contributed by atoms with Gasteiger partial charge in [-0.05, 0) is 89.7 Å². The minimum Gasteiger partial charge on any atom is -0.489 e. The van der Waals surface area contributed by atoms with Crippen LogP contribution in [0.3, 0.4) is 0 Å². The summed E-state index contributed by atoms with van der Waals surface area (Å²) in [4.78, 5) is 16.9. The molecule has 1 saturated carbocycles. The number of hydrogen-bond acceptors (Lipinski definition) is 10. The van der Waals surface area contributed by atoms with Gasteiger partial charge < -0.3 is 20.9 Å². The second-order valence-electron chi connectivity index (χ2n) is 11.7. The molecule has 5 N–H and O–H groups in total. The molecule has 1 aliphatic heterocycles. The van der Waals surface area contributed by atoms with E-state index in [1.54, 1.807) is 48.7 Å². The van der Waals surface area contributed by atoms with Crippen LogP contribution in [0.15, 0.2) is 70.5 Å². The third-order valence-corrected chi connectivity index (χ3v) is 9.90. The van der Waals surface area contributed by atoms with Gasteiger partial charge in [-0.2, -0.15) is 9.36 Å². The van der Waals surface area contributed by atoms with Gasteiger partial charge >= 0.3 is 5.69 Å². The lowest BCUT2D eigenvalue weighted by molar-refractivity contribution is 0.146. The molecular formula is C31H38N8O5S. The number of anilines is 2. The highest BCUT2D eigenvalue weighted by Gasteiger charge is 2.22. The van der Waals surface area contributed by atoms with Crippen LogP contribution in [0.25, 0.3) is 5.69 Å². The molecule has 0 saturated heterocycles. The SMILES string of the molecule is Nc1ccc(C(O)CNCC2CCc3cc(NS(=O)(=O)c4ccc(-n5nnn(CCC6CCCC6)c5=O)cc4)ccc3O2)cn1. The van der Waals surface area contributed by atoms with Crippen LogP contribution in [0.4, 0.5) is 11.5 Å². The van der Waals surface area contributed by atoms with Crippen molar-refractivity contribution in [3.8, 4) is 11.4 Å². The van der Waals surface area contributed by atoms with Crippen LogP contribution in [-0.2, 0) is 23.0 Å².